The van der Waals surface area contributed by atoms with E-state index in [1.54, 1.807) is 7.05 Å². The van der Waals surface area contributed by atoms with Crippen molar-refractivity contribution in [3.8, 4) is 0 Å². The molecule has 0 saturated heterocycles. The molecule has 4 nitrogen and oxygen atoms in total. The smallest absolute Gasteiger partial charge is 0.291 e. The summed E-state index contributed by atoms with van der Waals surface area (Å²) in [6, 6.07) is 0. The third-order valence-corrected chi connectivity index (χ3v) is 2.65. The molecule has 0 saturated carbocycles. The molecule has 0 aliphatic carbocycles. The molecule has 0 radical (unpaired) electrons. The fourth-order valence-corrected chi connectivity index (χ4v) is 1.55. The van der Waals surface area contributed by atoms with Gasteiger partial charge >= 0.3 is 5.69 Å². The first kappa shape index (κ1) is 10.1. The highest BCUT2D eigenvalue weighted by atomic mass is 32.1. The Kier molecular flexibility index (Phi) is 2.66. The second-order valence-corrected chi connectivity index (χ2v) is 3.29. The Morgan fingerprint density at radius 3 is 2.23 bits per heavy atom. The fourth-order valence-electron chi connectivity index (χ4n) is 1.21. The standard InChI is InChI=1S/C8H12N2O2S/c1-4-5-6(11)9(2)8(12)10(3)7(5)13/h13H,4H2,1-3H3. The van der Waals surface area contributed by atoms with Crippen molar-refractivity contribution in [1.82, 2.24) is 9.13 Å². The predicted octanol–water partition coefficient (Wildman–Crippen LogP) is -0.0649. The summed E-state index contributed by atoms with van der Waals surface area (Å²) in [5, 5.41) is 0.454. The maximum atomic E-state index is 11.5. The van der Waals surface area contributed by atoms with E-state index in [0.29, 0.717) is 17.0 Å². The molecule has 0 aromatic carbocycles. The molecule has 1 rings (SSSR count). The van der Waals surface area contributed by atoms with E-state index in [2.05, 4.69) is 12.6 Å². The highest BCUT2D eigenvalue weighted by Gasteiger charge is 2.10. The molecule has 5 heteroatoms. The summed E-state index contributed by atoms with van der Waals surface area (Å²) in [6.45, 7) is 1.86. The van der Waals surface area contributed by atoms with Gasteiger partial charge in [-0.3, -0.25) is 13.9 Å². The highest BCUT2D eigenvalue weighted by molar-refractivity contribution is 7.80. The molecule has 0 aliphatic rings. The molecule has 0 amide bonds. The maximum absolute atomic E-state index is 11.5. The van der Waals surface area contributed by atoms with Crippen molar-refractivity contribution in [2.24, 2.45) is 14.1 Å². The van der Waals surface area contributed by atoms with Crippen molar-refractivity contribution < 1.29 is 0 Å². The van der Waals surface area contributed by atoms with E-state index in [0.717, 1.165) is 4.57 Å². The van der Waals surface area contributed by atoms with Crippen LogP contribution in [0, 0.1) is 0 Å². The summed E-state index contributed by atoms with van der Waals surface area (Å²) in [5.74, 6) is 0. The first-order valence-electron chi connectivity index (χ1n) is 3.98. The average Bonchev–Trinajstić information content (AvgIpc) is 2.13. The number of hydrogen-bond acceptors (Lipinski definition) is 3. The van der Waals surface area contributed by atoms with Crippen molar-refractivity contribution in [2.45, 2.75) is 18.4 Å². The third-order valence-electron chi connectivity index (χ3n) is 2.08. The van der Waals surface area contributed by atoms with Gasteiger partial charge in [0.25, 0.3) is 5.56 Å². The molecular formula is C8H12N2O2S. The first-order valence-corrected chi connectivity index (χ1v) is 4.43. The van der Waals surface area contributed by atoms with Gasteiger partial charge in [-0.25, -0.2) is 4.79 Å². The van der Waals surface area contributed by atoms with E-state index in [-0.39, 0.29) is 11.2 Å². The molecule has 13 heavy (non-hydrogen) atoms. The van der Waals surface area contributed by atoms with Crippen LogP contribution in [-0.4, -0.2) is 9.13 Å². The lowest BCUT2D eigenvalue weighted by Gasteiger charge is -2.08. The van der Waals surface area contributed by atoms with Crippen LogP contribution in [0.5, 0.6) is 0 Å². The number of rotatable bonds is 1. The normalized spacial score (nSPS) is 10.5. The van der Waals surface area contributed by atoms with Crippen LogP contribution >= 0.6 is 12.6 Å². The van der Waals surface area contributed by atoms with Crippen LogP contribution in [0.3, 0.4) is 0 Å². The molecule has 1 heterocycles. The summed E-state index contributed by atoms with van der Waals surface area (Å²) in [7, 11) is 3.07. The van der Waals surface area contributed by atoms with Crippen molar-refractivity contribution >= 4 is 12.6 Å². The Hall–Kier alpha value is -0.970. The molecule has 1 aromatic heterocycles. The lowest BCUT2D eigenvalue weighted by molar-refractivity contribution is 0.617. The van der Waals surface area contributed by atoms with E-state index < -0.39 is 0 Å². The molecule has 72 valence electrons. The van der Waals surface area contributed by atoms with Gasteiger partial charge in [-0.1, -0.05) is 6.92 Å². The zero-order valence-corrected chi connectivity index (χ0v) is 8.76. The van der Waals surface area contributed by atoms with E-state index in [1.165, 1.54) is 11.6 Å². The van der Waals surface area contributed by atoms with Crippen LogP contribution in [-0.2, 0) is 20.5 Å². The van der Waals surface area contributed by atoms with Gasteiger partial charge < -0.3 is 0 Å². The topological polar surface area (TPSA) is 44.0 Å². The van der Waals surface area contributed by atoms with Crippen LogP contribution in [0.25, 0.3) is 0 Å². The minimum absolute atomic E-state index is 0.254. The van der Waals surface area contributed by atoms with Gasteiger partial charge in [0, 0.05) is 19.7 Å². The van der Waals surface area contributed by atoms with Gasteiger partial charge in [-0.2, -0.15) is 0 Å². The summed E-state index contributed by atoms with van der Waals surface area (Å²) < 4.78 is 2.46. The van der Waals surface area contributed by atoms with E-state index in [9.17, 15) is 9.59 Å². The van der Waals surface area contributed by atoms with Gasteiger partial charge in [0.05, 0.1) is 5.03 Å². The quantitative estimate of drug-likeness (QED) is 0.509. The van der Waals surface area contributed by atoms with E-state index >= 15 is 0 Å². The van der Waals surface area contributed by atoms with Gasteiger partial charge in [-0.15, -0.1) is 12.6 Å². The van der Waals surface area contributed by atoms with Crippen molar-refractivity contribution in [2.75, 3.05) is 0 Å². The fraction of sp³-hybridized carbons (Fsp3) is 0.500. The first-order chi connectivity index (χ1) is 6.00. The predicted molar refractivity (Wildman–Crippen MR) is 53.6 cm³/mol. The molecule has 0 aliphatic heterocycles. The minimum atomic E-state index is -0.341. The van der Waals surface area contributed by atoms with Crippen LogP contribution in [0.1, 0.15) is 12.5 Å². The zero-order chi connectivity index (χ0) is 10.2. The van der Waals surface area contributed by atoms with Crippen molar-refractivity contribution in [3.63, 3.8) is 0 Å². The number of aromatic nitrogens is 2. The van der Waals surface area contributed by atoms with Gasteiger partial charge in [0.1, 0.15) is 0 Å². The second kappa shape index (κ2) is 3.41. The van der Waals surface area contributed by atoms with Gasteiger partial charge in [0.2, 0.25) is 0 Å². The molecule has 0 atom stereocenters. The number of thiol groups is 1. The van der Waals surface area contributed by atoms with Crippen LogP contribution < -0.4 is 11.2 Å². The number of hydrogen-bond donors (Lipinski definition) is 1. The summed E-state index contributed by atoms with van der Waals surface area (Å²) >= 11 is 4.13. The lowest BCUT2D eigenvalue weighted by atomic mass is 10.2. The molecule has 0 N–H and O–H groups in total. The van der Waals surface area contributed by atoms with E-state index in [4.69, 9.17) is 0 Å². The van der Waals surface area contributed by atoms with Crippen LogP contribution in [0.4, 0.5) is 0 Å². The Morgan fingerprint density at radius 1 is 1.23 bits per heavy atom. The van der Waals surface area contributed by atoms with Gasteiger partial charge in [-0.05, 0) is 6.42 Å². The molecule has 0 unspecified atom stereocenters. The largest absolute Gasteiger partial charge is 0.331 e. The molecule has 0 fully saturated rings. The van der Waals surface area contributed by atoms with Crippen molar-refractivity contribution in [1.29, 1.82) is 0 Å². The monoisotopic (exact) mass is 200 g/mol. The van der Waals surface area contributed by atoms with Crippen LogP contribution in [0.2, 0.25) is 0 Å². The number of nitrogens with zero attached hydrogens (tertiary/aromatic N) is 2. The molecule has 0 bridgehead atoms. The van der Waals surface area contributed by atoms with Crippen molar-refractivity contribution in [3.05, 3.63) is 26.4 Å². The third kappa shape index (κ3) is 1.44. The summed E-state index contributed by atoms with van der Waals surface area (Å²) in [5.41, 5.74) is -0.0178. The molecule has 1 aromatic rings. The highest BCUT2D eigenvalue weighted by Crippen LogP contribution is 2.05. The van der Waals surface area contributed by atoms with E-state index in [1.807, 2.05) is 6.92 Å². The average molecular weight is 200 g/mol. The van der Waals surface area contributed by atoms with Gasteiger partial charge in [0.15, 0.2) is 0 Å². The zero-order valence-electron chi connectivity index (χ0n) is 7.87. The summed E-state index contributed by atoms with van der Waals surface area (Å²) in [4.78, 5) is 22.8. The maximum Gasteiger partial charge on any atom is 0.331 e. The summed E-state index contributed by atoms with van der Waals surface area (Å²) in [6.07, 6.45) is 0.583. The Bertz CT molecular complexity index is 445. The molecule has 0 spiro atoms. The lowest BCUT2D eigenvalue weighted by Crippen LogP contribution is -2.39. The Labute approximate surface area is 81.2 Å². The van der Waals surface area contributed by atoms with Crippen LogP contribution in [0.15, 0.2) is 14.6 Å². The minimum Gasteiger partial charge on any atom is -0.291 e. The second-order valence-electron chi connectivity index (χ2n) is 2.86. The SMILES string of the molecule is CCc1c(S)n(C)c(=O)n(C)c1=O. The Balaban J connectivity index is 3.78. The molecular weight excluding hydrogens is 188 g/mol. The Morgan fingerprint density at radius 2 is 1.77 bits per heavy atom.